The highest BCUT2D eigenvalue weighted by molar-refractivity contribution is 6.37. The summed E-state index contributed by atoms with van der Waals surface area (Å²) in [5, 5.41) is 0. The summed E-state index contributed by atoms with van der Waals surface area (Å²) in [6.45, 7) is 12.9. The summed E-state index contributed by atoms with van der Waals surface area (Å²) in [5.41, 5.74) is -0.594. The van der Waals surface area contributed by atoms with Crippen molar-refractivity contribution in [2.75, 3.05) is 6.61 Å². The van der Waals surface area contributed by atoms with Crippen LogP contribution in [0.1, 0.15) is 41.5 Å². The van der Waals surface area contributed by atoms with Gasteiger partial charge in [0.25, 0.3) is 0 Å². The smallest absolute Gasteiger partial charge is 0.386 e. The minimum absolute atomic E-state index is 0.297. The van der Waals surface area contributed by atoms with Gasteiger partial charge < -0.3 is 14.0 Å². The summed E-state index contributed by atoms with van der Waals surface area (Å²) >= 11 is 0. The SMILES string of the molecule is CC(C)COB1OC(C)(C)C(C)(C)O1. The molecular weight excluding hydrogens is 179 g/mol. The van der Waals surface area contributed by atoms with Gasteiger partial charge in [0.15, 0.2) is 0 Å². The number of hydrogen-bond donors (Lipinski definition) is 0. The monoisotopic (exact) mass is 200 g/mol. The van der Waals surface area contributed by atoms with Gasteiger partial charge in [-0.25, -0.2) is 0 Å². The Morgan fingerprint density at radius 3 is 1.86 bits per heavy atom. The number of hydrogen-bond acceptors (Lipinski definition) is 3. The first-order chi connectivity index (χ1) is 6.24. The van der Waals surface area contributed by atoms with Crippen LogP contribution in [0.15, 0.2) is 0 Å². The molecule has 0 spiro atoms. The van der Waals surface area contributed by atoms with E-state index in [2.05, 4.69) is 13.8 Å². The highest BCUT2D eigenvalue weighted by Crippen LogP contribution is 2.36. The molecule has 1 fully saturated rings. The molecule has 0 N–H and O–H groups in total. The van der Waals surface area contributed by atoms with Gasteiger partial charge >= 0.3 is 7.32 Å². The van der Waals surface area contributed by atoms with E-state index in [1.54, 1.807) is 0 Å². The molecule has 3 nitrogen and oxygen atoms in total. The lowest BCUT2D eigenvalue weighted by atomic mass is 9.90. The lowest BCUT2D eigenvalue weighted by molar-refractivity contribution is 0.00578. The van der Waals surface area contributed by atoms with Crippen molar-refractivity contribution in [2.45, 2.75) is 52.7 Å². The average molecular weight is 200 g/mol. The Morgan fingerprint density at radius 1 is 1.07 bits per heavy atom. The van der Waals surface area contributed by atoms with Gasteiger partial charge in [-0.05, 0) is 33.6 Å². The van der Waals surface area contributed by atoms with E-state index in [9.17, 15) is 0 Å². The van der Waals surface area contributed by atoms with Crippen LogP contribution in [0.25, 0.3) is 0 Å². The summed E-state index contributed by atoms with van der Waals surface area (Å²) in [5.74, 6) is 0.494. The Kier molecular flexibility index (Phi) is 3.29. The molecule has 14 heavy (non-hydrogen) atoms. The van der Waals surface area contributed by atoms with Crippen LogP contribution in [0.5, 0.6) is 0 Å². The van der Waals surface area contributed by atoms with Crippen molar-refractivity contribution in [2.24, 2.45) is 5.92 Å². The van der Waals surface area contributed by atoms with Crippen LogP contribution in [0, 0.1) is 5.92 Å². The first-order valence-corrected chi connectivity index (χ1v) is 5.22. The Morgan fingerprint density at radius 2 is 1.50 bits per heavy atom. The van der Waals surface area contributed by atoms with E-state index in [0.29, 0.717) is 12.5 Å². The van der Waals surface area contributed by atoms with Crippen LogP contribution >= 0.6 is 0 Å². The van der Waals surface area contributed by atoms with Crippen LogP contribution in [0.2, 0.25) is 0 Å². The Hall–Kier alpha value is -0.0551. The van der Waals surface area contributed by atoms with Gasteiger partial charge in [-0.2, -0.15) is 0 Å². The summed E-state index contributed by atoms with van der Waals surface area (Å²) in [6, 6.07) is 0. The molecule has 4 heteroatoms. The lowest BCUT2D eigenvalue weighted by Gasteiger charge is -2.31. The zero-order valence-electron chi connectivity index (χ0n) is 10.1. The minimum Gasteiger partial charge on any atom is -0.386 e. The van der Waals surface area contributed by atoms with E-state index in [0.717, 1.165) is 0 Å². The van der Waals surface area contributed by atoms with E-state index >= 15 is 0 Å². The second-order valence-electron chi connectivity index (χ2n) is 5.27. The molecule has 0 unspecified atom stereocenters. The summed E-state index contributed by atoms with van der Waals surface area (Å²) in [4.78, 5) is 0. The van der Waals surface area contributed by atoms with Gasteiger partial charge in [-0.3, -0.25) is 0 Å². The maximum absolute atomic E-state index is 5.67. The predicted molar refractivity (Wildman–Crippen MR) is 56.9 cm³/mol. The Bertz CT molecular complexity index is 186. The second-order valence-corrected chi connectivity index (χ2v) is 5.27. The third-order valence-corrected chi connectivity index (χ3v) is 2.80. The van der Waals surface area contributed by atoms with Crippen LogP contribution < -0.4 is 0 Å². The molecule has 1 aliphatic heterocycles. The average Bonchev–Trinajstić information content (AvgIpc) is 2.17. The standard InChI is InChI=1S/C10H21BO3/c1-8(2)7-12-11-13-9(3,4)10(5,6)14-11/h8H,7H2,1-6H3. The highest BCUT2D eigenvalue weighted by Gasteiger charge is 2.52. The lowest BCUT2D eigenvalue weighted by Crippen LogP contribution is -2.41. The molecule has 0 atom stereocenters. The summed E-state index contributed by atoms with van der Waals surface area (Å²) < 4.78 is 16.8. The molecule has 0 aromatic heterocycles. The third kappa shape index (κ3) is 2.50. The molecule has 0 aromatic rings. The molecule has 1 heterocycles. The second kappa shape index (κ2) is 3.84. The topological polar surface area (TPSA) is 27.7 Å². The quantitative estimate of drug-likeness (QED) is 0.654. The zero-order chi connectivity index (χ0) is 11.0. The molecule has 1 rings (SSSR count). The molecule has 1 saturated heterocycles. The first kappa shape index (κ1) is 12.0. The fourth-order valence-electron chi connectivity index (χ4n) is 1.13. The van der Waals surface area contributed by atoms with Crippen molar-refractivity contribution in [3.05, 3.63) is 0 Å². The van der Waals surface area contributed by atoms with Crippen molar-refractivity contribution in [3.8, 4) is 0 Å². The molecule has 0 aromatic carbocycles. The van der Waals surface area contributed by atoms with Gasteiger partial charge in [0, 0.05) is 6.61 Å². The first-order valence-electron chi connectivity index (χ1n) is 5.22. The fourth-order valence-corrected chi connectivity index (χ4v) is 1.13. The van der Waals surface area contributed by atoms with Crippen molar-refractivity contribution < 1.29 is 14.0 Å². The molecule has 0 radical (unpaired) electrons. The maximum atomic E-state index is 5.67. The van der Waals surface area contributed by atoms with Gasteiger partial charge in [0.05, 0.1) is 11.2 Å². The van der Waals surface area contributed by atoms with Gasteiger partial charge in [0.1, 0.15) is 0 Å². The van der Waals surface area contributed by atoms with Gasteiger partial charge in [-0.15, -0.1) is 0 Å². The predicted octanol–water partition coefficient (Wildman–Crippen LogP) is 2.25. The molecule has 82 valence electrons. The van der Waals surface area contributed by atoms with E-state index in [4.69, 9.17) is 14.0 Å². The molecule has 0 bridgehead atoms. The van der Waals surface area contributed by atoms with Crippen molar-refractivity contribution in [1.82, 2.24) is 0 Å². The van der Waals surface area contributed by atoms with Crippen molar-refractivity contribution in [3.63, 3.8) is 0 Å². The Balaban J connectivity index is 2.47. The third-order valence-electron chi connectivity index (χ3n) is 2.80. The highest BCUT2D eigenvalue weighted by atomic mass is 16.8. The molecular formula is C10H21BO3. The fraction of sp³-hybridized carbons (Fsp3) is 1.00. The van der Waals surface area contributed by atoms with Crippen LogP contribution in [-0.4, -0.2) is 25.1 Å². The van der Waals surface area contributed by atoms with Gasteiger partial charge in [0.2, 0.25) is 0 Å². The van der Waals surface area contributed by atoms with Crippen LogP contribution in [0.4, 0.5) is 0 Å². The van der Waals surface area contributed by atoms with Crippen molar-refractivity contribution >= 4 is 7.32 Å². The van der Waals surface area contributed by atoms with E-state index in [1.165, 1.54) is 0 Å². The summed E-state index contributed by atoms with van der Waals surface area (Å²) in [7, 11) is -0.512. The zero-order valence-corrected chi connectivity index (χ0v) is 10.1. The Labute approximate surface area is 87.3 Å². The molecule has 0 amide bonds. The number of rotatable bonds is 3. The largest absolute Gasteiger partial charge is 0.640 e. The maximum Gasteiger partial charge on any atom is 0.640 e. The minimum atomic E-state index is -0.512. The van der Waals surface area contributed by atoms with E-state index in [1.807, 2.05) is 27.7 Å². The van der Waals surface area contributed by atoms with Gasteiger partial charge in [-0.1, -0.05) is 13.8 Å². The van der Waals surface area contributed by atoms with E-state index < -0.39 is 7.32 Å². The molecule has 0 aliphatic carbocycles. The summed E-state index contributed by atoms with van der Waals surface area (Å²) in [6.07, 6.45) is 0. The van der Waals surface area contributed by atoms with Crippen LogP contribution in [0.3, 0.4) is 0 Å². The molecule has 0 saturated carbocycles. The van der Waals surface area contributed by atoms with Crippen LogP contribution in [-0.2, 0) is 14.0 Å². The van der Waals surface area contributed by atoms with E-state index in [-0.39, 0.29) is 11.2 Å². The normalized spacial score (nSPS) is 24.6. The van der Waals surface area contributed by atoms with Crippen molar-refractivity contribution in [1.29, 1.82) is 0 Å². The molecule has 1 aliphatic rings.